The zero-order valence-electron chi connectivity index (χ0n) is 18.4. The fraction of sp³-hybridized carbons (Fsp3) is 0.458. The smallest absolute Gasteiger partial charge is 0.220 e. The zero-order chi connectivity index (χ0) is 22.0. The predicted octanol–water partition coefficient (Wildman–Crippen LogP) is 4.11. The molecule has 0 aliphatic carbocycles. The lowest BCUT2D eigenvalue weighted by Gasteiger charge is -2.38. The number of rotatable bonds is 6. The number of fused-ring (bicyclic) bond motifs is 1. The second-order valence-electron chi connectivity index (χ2n) is 8.50. The highest BCUT2D eigenvalue weighted by Gasteiger charge is 2.35. The number of aryl methyl sites for hydroxylation is 3. The van der Waals surface area contributed by atoms with Gasteiger partial charge in [0.05, 0.1) is 5.69 Å². The van der Waals surface area contributed by atoms with Gasteiger partial charge in [0.2, 0.25) is 5.91 Å². The highest BCUT2D eigenvalue weighted by molar-refractivity contribution is 6.30. The molecule has 7 heteroatoms. The van der Waals surface area contributed by atoms with Crippen LogP contribution in [0.15, 0.2) is 30.3 Å². The summed E-state index contributed by atoms with van der Waals surface area (Å²) in [5, 5.41) is 8.42. The lowest BCUT2D eigenvalue weighted by atomic mass is 9.74. The van der Waals surface area contributed by atoms with E-state index < -0.39 is 0 Å². The minimum atomic E-state index is -0.141. The Labute approximate surface area is 188 Å². The van der Waals surface area contributed by atoms with Crippen molar-refractivity contribution in [1.29, 1.82) is 0 Å². The second-order valence-corrected chi connectivity index (χ2v) is 8.93. The van der Waals surface area contributed by atoms with Gasteiger partial charge in [-0.3, -0.25) is 4.79 Å². The van der Waals surface area contributed by atoms with E-state index in [-0.39, 0.29) is 11.3 Å². The molecule has 31 heavy (non-hydrogen) atoms. The highest BCUT2D eigenvalue weighted by atomic mass is 35.5. The maximum atomic E-state index is 12.8. The maximum absolute atomic E-state index is 12.8. The molecule has 0 bridgehead atoms. The molecule has 3 heterocycles. The maximum Gasteiger partial charge on any atom is 0.220 e. The van der Waals surface area contributed by atoms with Crippen LogP contribution >= 0.6 is 11.6 Å². The predicted molar refractivity (Wildman–Crippen MR) is 122 cm³/mol. The molecule has 3 aromatic rings. The van der Waals surface area contributed by atoms with E-state index in [2.05, 4.69) is 21.5 Å². The third-order valence-corrected chi connectivity index (χ3v) is 6.63. The van der Waals surface area contributed by atoms with Gasteiger partial charge in [0.25, 0.3) is 0 Å². The molecule has 1 aliphatic heterocycles. The van der Waals surface area contributed by atoms with Gasteiger partial charge in [0.15, 0.2) is 5.65 Å². The van der Waals surface area contributed by atoms with Gasteiger partial charge >= 0.3 is 0 Å². The van der Waals surface area contributed by atoms with Crippen LogP contribution in [0, 0.1) is 20.8 Å². The number of halogens is 1. The summed E-state index contributed by atoms with van der Waals surface area (Å²) in [6.07, 6.45) is 2.78. The van der Waals surface area contributed by atoms with Crippen molar-refractivity contribution < 1.29 is 9.53 Å². The lowest BCUT2D eigenvalue weighted by molar-refractivity contribution is -0.121. The first-order chi connectivity index (χ1) is 14.9. The SMILES string of the molecule is Cc1cc2nc(C)c(CCC(=O)NCC3(c4cccc(Cl)c4)CCOCC3)c(C)n2n1. The van der Waals surface area contributed by atoms with Crippen molar-refractivity contribution in [2.75, 3.05) is 19.8 Å². The van der Waals surface area contributed by atoms with E-state index in [9.17, 15) is 4.79 Å². The molecule has 0 spiro atoms. The van der Waals surface area contributed by atoms with Crippen molar-refractivity contribution >= 4 is 23.2 Å². The largest absolute Gasteiger partial charge is 0.381 e. The van der Waals surface area contributed by atoms with Crippen LogP contribution < -0.4 is 5.32 Å². The fourth-order valence-corrected chi connectivity index (χ4v) is 4.74. The summed E-state index contributed by atoms with van der Waals surface area (Å²) >= 11 is 6.25. The normalized spacial score (nSPS) is 15.9. The molecule has 1 fully saturated rings. The molecule has 4 rings (SSSR count). The Morgan fingerprint density at radius 2 is 2.00 bits per heavy atom. The van der Waals surface area contributed by atoms with Crippen molar-refractivity contribution in [3.63, 3.8) is 0 Å². The summed E-state index contributed by atoms with van der Waals surface area (Å²) in [6, 6.07) is 9.94. The number of nitrogens with one attached hydrogen (secondary N) is 1. The van der Waals surface area contributed by atoms with Crippen molar-refractivity contribution in [3.8, 4) is 0 Å². The molecule has 1 saturated heterocycles. The molecule has 1 amide bonds. The number of hydrogen-bond donors (Lipinski definition) is 1. The minimum Gasteiger partial charge on any atom is -0.381 e. The number of aromatic nitrogens is 3. The number of ether oxygens (including phenoxy) is 1. The first kappa shape index (κ1) is 21.8. The third kappa shape index (κ3) is 4.60. The Morgan fingerprint density at radius 1 is 1.23 bits per heavy atom. The molecule has 1 N–H and O–H groups in total. The van der Waals surface area contributed by atoms with Crippen LogP contribution in [-0.4, -0.2) is 40.3 Å². The van der Waals surface area contributed by atoms with E-state index in [0.717, 1.165) is 46.2 Å². The van der Waals surface area contributed by atoms with Crippen LogP contribution in [0.2, 0.25) is 5.02 Å². The van der Waals surface area contributed by atoms with Crippen LogP contribution in [0.4, 0.5) is 0 Å². The number of nitrogens with zero attached hydrogens (tertiary/aromatic N) is 3. The van der Waals surface area contributed by atoms with E-state index >= 15 is 0 Å². The third-order valence-electron chi connectivity index (χ3n) is 6.40. The number of hydrogen-bond acceptors (Lipinski definition) is 4. The van der Waals surface area contributed by atoms with Crippen molar-refractivity contribution in [2.45, 2.75) is 51.9 Å². The van der Waals surface area contributed by atoms with E-state index in [4.69, 9.17) is 16.3 Å². The monoisotopic (exact) mass is 440 g/mol. The van der Waals surface area contributed by atoms with Crippen LogP contribution in [0.5, 0.6) is 0 Å². The fourth-order valence-electron chi connectivity index (χ4n) is 4.55. The summed E-state index contributed by atoms with van der Waals surface area (Å²) in [6.45, 7) is 7.97. The van der Waals surface area contributed by atoms with Crippen LogP contribution in [0.1, 0.15) is 47.5 Å². The Balaban J connectivity index is 1.44. The van der Waals surface area contributed by atoms with E-state index in [1.54, 1.807) is 0 Å². The summed E-state index contributed by atoms with van der Waals surface area (Å²) in [5.74, 6) is 0.0448. The topological polar surface area (TPSA) is 68.5 Å². The molecule has 1 aliphatic rings. The summed E-state index contributed by atoms with van der Waals surface area (Å²) in [7, 11) is 0. The Hall–Kier alpha value is -2.44. The number of amides is 1. The van der Waals surface area contributed by atoms with E-state index in [1.165, 1.54) is 5.56 Å². The Bertz CT molecular complexity index is 1100. The van der Waals surface area contributed by atoms with Gasteiger partial charge in [0.1, 0.15) is 0 Å². The van der Waals surface area contributed by atoms with E-state index in [1.807, 2.05) is 49.6 Å². The molecule has 6 nitrogen and oxygen atoms in total. The van der Waals surface area contributed by atoms with Gasteiger partial charge in [-0.25, -0.2) is 9.50 Å². The van der Waals surface area contributed by atoms with E-state index in [0.29, 0.717) is 32.6 Å². The van der Waals surface area contributed by atoms with Gasteiger partial charge in [-0.05, 0) is 63.3 Å². The summed E-state index contributed by atoms with van der Waals surface area (Å²) < 4.78 is 7.46. The van der Waals surface area contributed by atoms with Gasteiger partial charge in [-0.1, -0.05) is 23.7 Å². The standard InChI is InChI=1S/C24H29ClN4O2/c1-16-13-22-27-17(2)21(18(3)29(22)28-16)7-8-23(30)26-15-24(9-11-31-12-10-24)19-5-4-6-20(25)14-19/h4-6,13-14H,7-12,15H2,1-3H3,(H,26,30). The van der Waals surface area contributed by atoms with Gasteiger partial charge < -0.3 is 10.1 Å². The summed E-state index contributed by atoms with van der Waals surface area (Å²) in [4.78, 5) is 17.4. The molecule has 0 saturated carbocycles. The molecule has 1 aromatic carbocycles. The van der Waals surface area contributed by atoms with Crippen LogP contribution in [0.25, 0.3) is 5.65 Å². The molecule has 164 valence electrons. The number of carbonyl (C=O) groups is 1. The van der Waals surface area contributed by atoms with Gasteiger partial charge in [-0.15, -0.1) is 0 Å². The second kappa shape index (κ2) is 8.97. The average molecular weight is 441 g/mol. The van der Waals surface area contributed by atoms with Gasteiger partial charge in [-0.2, -0.15) is 5.10 Å². The Kier molecular flexibility index (Phi) is 6.30. The first-order valence-corrected chi connectivity index (χ1v) is 11.2. The highest BCUT2D eigenvalue weighted by Crippen LogP contribution is 2.35. The molecule has 0 radical (unpaired) electrons. The average Bonchev–Trinajstić information content (AvgIpc) is 3.13. The minimum absolute atomic E-state index is 0.0448. The molecular formula is C24H29ClN4O2. The van der Waals surface area contributed by atoms with Gasteiger partial charge in [0, 0.05) is 54.1 Å². The molecule has 0 atom stereocenters. The molecule has 2 aromatic heterocycles. The Morgan fingerprint density at radius 3 is 2.74 bits per heavy atom. The van der Waals surface area contributed by atoms with Crippen molar-refractivity contribution in [2.24, 2.45) is 0 Å². The molecule has 0 unspecified atom stereocenters. The summed E-state index contributed by atoms with van der Waals surface area (Å²) in [5.41, 5.74) is 5.90. The zero-order valence-corrected chi connectivity index (χ0v) is 19.1. The molecular weight excluding hydrogens is 412 g/mol. The number of benzene rings is 1. The van der Waals surface area contributed by atoms with Crippen LogP contribution in [0.3, 0.4) is 0 Å². The van der Waals surface area contributed by atoms with Crippen molar-refractivity contribution in [1.82, 2.24) is 19.9 Å². The number of carbonyl (C=O) groups excluding carboxylic acids is 1. The van der Waals surface area contributed by atoms with Crippen LogP contribution in [-0.2, 0) is 21.4 Å². The first-order valence-electron chi connectivity index (χ1n) is 10.8. The lowest BCUT2D eigenvalue weighted by Crippen LogP contribution is -2.44. The van der Waals surface area contributed by atoms with Crippen molar-refractivity contribution in [3.05, 3.63) is 63.6 Å². The quantitative estimate of drug-likeness (QED) is 0.626.